The SMILES string of the molecule is Cc1sc(-n2c(C)cc(/C=N/NC(=O)c3cc4ccccc4o3)c2C)c(C#N)c1C. The molecule has 6 nitrogen and oxygen atoms in total. The molecule has 1 amide bonds. The summed E-state index contributed by atoms with van der Waals surface area (Å²) in [6.45, 7) is 7.95. The molecular formula is C23H20N4O2S. The van der Waals surface area contributed by atoms with Gasteiger partial charge in [-0.05, 0) is 51.5 Å². The average Bonchev–Trinajstić information content (AvgIpc) is 3.36. The number of aryl methyl sites for hydroxylation is 2. The lowest BCUT2D eigenvalue weighted by atomic mass is 10.2. The number of thiophene rings is 1. The molecule has 3 aromatic heterocycles. The van der Waals surface area contributed by atoms with Gasteiger partial charge in [-0.2, -0.15) is 10.4 Å². The molecule has 0 saturated heterocycles. The quantitative estimate of drug-likeness (QED) is 0.369. The van der Waals surface area contributed by atoms with E-state index in [-0.39, 0.29) is 5.76 Å². The summed E-state index contributed by atoms with van der Waals surface area (Å²) in [5, 5.41) is 15.5. The highest BCUT2D eigenvalue weighted by Crippen LogP contribution is 2.33. The van der Waals surface area contributed by atoms with Crippen LogP contribution in [-0.2, 0) is 0 Å². The van der Waals surface area contributed by atoms with Crippen molar-refractivity contribution in [2.75, 3.05) is 0 Å². The molecule has 0 fully saturated rings. The minimum Gasteiger partial charge on any atom is -0.451 e. The maximum Gasteiger partial charge on any atom is 0.307 e. The molecule has 0 aliphatic carbocycles. The summed E-state index contributed by atoms with van der Waals surface area (Å²) >= 11 is 1.60. The zero-order valence-corrected chi connectivity index (χ0v) is 17.9. The zero-order chi connectivity index (χ0) is 21.4. The van der Waals surface area contributed by atoms with E-state index < -0.39 is 5.91 Å². The fraction of sp³-hybridized carbons (Fsp3) is 0.174. The Morgan fingerprint density at radius 2 is 2.00 bits per heavy atom. The van der Waals surface area contributed by atoms with Gasteiger partial charge in [-0.1, -0.05) is 18.2 Å². The summed E-state index contributed by atoms with van der Waals surface area (Å²) < 4.78 is 7.62. The van der Waals surface area contributed by atoms with Crippen molar-refractivity contribution in [2.45, 2.75) is 27.7 Å². The van der Waals surface area contributed by atoms with E-state index in [1.165, 1.54) is 0 Å². The number of rotatable bonds is 4. The number of hydrazone groups is 1. The number of carbonyl (C=O) groups is 1. The number of nitrogens with zero attached hydrogens (tertiary/aromatic N) is 3. The molecule has 0 radical (unpaired) electrons. The normalized spacial score (nSPS) is 11.3. The van der Waals surface area contributed by atoms with Crippen LogP contribution in [0.5, 0.6) is 0 Å². The number of hydrogen-bond acceptors (Lipinski definition) is 5. The van der Waals surface area contributed by atoms with Crippen LogP contribution in [0.1, 0.15) is 43.5 Å². The monoisotopic (exact) mass is 416 g/mol. The minimum absolute atomic E-state index is 0.210. The molecule has 0 spiro atoms. The fourth-order valence-corrected chi connectivity index (χ4v) is 4.66. The van der Waals surface area contributed by atoms with Crippen LogP contribution in [0.25, 0.3) is 16.0 Å². The van der Waals surface area contributed by atoms with Crippen LogP contribution in [0, 0.1) is 39.0 Å². The Morgan fingerprint density at radius 1 is 1.23 bits per heavy atom. The molecule has 1 N–H and O–H groups in total. The first kappa shape index (κ1) is 19.7. The highest BCUT2D eigenvalue weighted by Gasteiger charge is 2.18. The molecule has 0 bridgehead atoms. The predicted octanol–water partition coefficient (Wildman–Crippen LogP) is 5.15. The Morgan fingerprint density at radius 3 is 2.73 bits per heavy atom. The van der Waals surface area contributed by atoms with E-state index >= 15 is 0 Å². The third kappa shape index (κ3) is 3.31. The number of para-hydroxylation sites is 1. The van der Waals surface area contributed by atoms with Crippen molar-refractivity contribution in [3.8, 4) is 11.1 Å². The van der Waals surface area contributed by atoms with Crippen LogP contribution in [0.15, 0.2) is 45.9 Å². The van der Waals surface area contributed by atoms with Gasteiger partial charge in [0, 0.05) is 27.2 Å². The fourth-order valence-electron chi connectivity index (χ4n) is 3.44. The number of aromatic nitrogens is 1. The maximum atomic E-state index is 12.3. The van der Waals surface area contributed by atoms with Gasteiger partial charge in [0.25, 0.3) is 0 Å². The van der Waals surface area contributed by atoms with Crippen molar-refractivity contribution in [3.63, 3.8) is 0 Å². The van der Waals surface area contributed by atoms with Crippen LogP contribution in [-0.4, -0.2) is 16.7 Å². The second-order valence-electron chi connectivity index (χ2n) is 7.08. The van der Waals surface area contributed by atoms with Gasteiger partial charge in [-0.3, -0.25) is 4.79 Å². The molecule has 30 heavy (non-hydrogen) atoms. The number of nitriles is 1. The van der Waals surface area contributed by atoms with E-state index in [1.807, 2.05) is 58.0 Å². The Balaban J connectivity index is 1.58. The largest absolute Gasteiger partial charge is 0.451 e. The van der Waals surface area contributed by atoms with Gasteiger partial charge in [0.2, 0.25) is 0 Å². The van der Waals surface area contributed by atoms with Gasteiger partial charge < -0.3 is 8.98 Å². The van der Waals surface area contributed by atoms with Gasteiger partial charge in [-0.25, -0.2) is 5.43 Å². The number of benzene rings is 1. The van der Waals surface area contributed by atoms with Crippen LogP contribution in [0.4, 0.5) is 0 Å². The lowest BCUT2D eigenvalue weighted by molar-refractivity contribution is 0.0929. The third-order valence-electron chi connectivity index (χ3n) is 5.17. The summed E-state index contributed by atoms with van der Waals surface area (Å²) in [5.74, 6) is -0.199. The second kappa shape index (κ2) is 7.65. The molecule has 0 unspecified atom stereocenters. The second-order valence-corrected chi connectivity index (χ2v) is 8.29. The van der Waals surface area contributed by atoms with Gasteiger partial charge in [0.15, 0.2) is 5.76 Å². The topological polar surface area (TPSA) is 83.3 Å². The van der Waals surface area contributed by atoms with E-state index in [4.69, 9.17) is 4.42 Å². The molecule has 1 aromatic carbocycles. The van der Waals surface area contributed by atoms with Crippen LogP contribution in [0.2, 0.25) is 0 Å². The number of amides is 1. The maximum absolute atomic E-state index is 12.3. The number of furan rings is 1. The lowest BCUT2D eigenvalue weighted by Gasteiger charge is -2.07. The van der Waals surface area contributed by atoms with E-state index in [0.717, 1.165) is 37.8 Å². The molecule has 4 aromatic rings. The smallest absolute Gasteiger partial charge is 0.307 e. The van der Waals surface area contributed by atoms with Crippen molar-refractivity contribution < 1.29 is 9.21 Å². The molecule has 4 rings (SSSR count). The van der Waals surface area contributed by atoms with E-state index in [0.29, 0.717) is 11.1 Å². The van der Waals surface area contributed by atoms with Gasteiger partial charge in [0.05, 0.1) is 11.8 Å². The molecule has 7 heteroatoms. The molecule has 0 aliphatic rings. The summed E-state index contributed by atoms with van der Waals surface area (Å²) in [7, 11) is 0. The summed E-state index contributed by atoms with van der Waals surface area (Å²) in [5.41, 5.74) is 7.70. The van der Waals surface area contributed by atoms with Gasteiger partial charge in [-0.15, -0.1) is 11.3 Å². The molecular weight excluding hydrogens is 396 g/mol. The standard InChI is InChI=1S/C23H20N4O2S/c1-13-9-18(15(3)27(13)23-19(11-24)14(2)16(4)30-23)12-25-26-22(28)21-10-17-7-5-6-8-20(17)29-21/h5-10,12H,1-4H3,(H,26,28)/b25-12+. The first-order valence-corrected chi connectivity index (χ1v) is 10.2. The van der Waals surface area contributed by atoms with Crippen molar-refractivity contribution in [1.82, 2.24) is 9.99 Å². The molecule has 150 valence electrons. The molecule has 3 heterocycles. The van der Waals surface area contributed by atoms with E-state index in [2.05, 4.69) is 21.2 Å². The van der Waals surface area contributed by atoms with Crippen LogP contribution in [0.3, 0.4) is 0 Å². The highest BCUT2D eigenvalue weighted by atomic mass is 32.1. The van der Waals surface area contributed by atoms with E-state index in [1.54, 1.807) is 23.6 Å². The molecule has 0 aliphatic heterocycles. The zero-order valence-electron chi connectivity index (χ0n) is 17.1. The van der Waals surface area contributed by atoms with Crippen molar-refractivity contribution >= 4 is 34.4 Å². The number of fused-ring (bicyclic) bond motifs is 1. The van der Waals surface area contributed by atoms with Crippen molar-refractivity contribution in [1.29, 1.82) is 5.26 Å². The van der Waals surface area contributed by atoms with Crippen molar-refractivity contribution in [3.05, 3.63) is 75.1 Å². The summed E-state index contributed by atoms with van der Waals surface area (Å²) in [4.78, 5) is 13.5. The molecule has 0 atom stereocenters. The Labute approximate surface area is 178 Å². The van der Waals surface area contributed by atoms with E-state index in [9.17, 15) is 10.1 Å². The Kier molecular flexibility index (Phi) is 5.02. The first-order chi connectivity index (χ1) is 14.4. The number of hydrogen-bond donors (Lipinski definition) is 1. The summed E-state index contributed by atoms with van der Waals surface area (Å²) in [6, 6.07) is 13.4. The van der Waals surface area contributed by atoms with Crippen LogP contribution >= 0.6 is 11.3 Å². The summed E-state index contributed by atoms with van der Waals surface area (Å²) in [6.07, 6.45) is 1.61. The lowest BCUT2D eigenvalue weighted by Crippen LogP contribution is -2.16. The van der Waals surface area contributed by atoms with Gasteiger partial charge >= 0.3 is 5.91 Å². The number of carbonyl (C=O) groups excluding carboxylic acids is 1. The number of nitrogens with one attached hydrogen (secondary N) is 1. The minimum atomic E-state index is -0.410. The molecule has 0 saturated carbocycles. The van der Waals surface area contributed by atoms with Gasteiger partial charge in [0.1, 0.15) is 16.7 Å². The average molecular weight is 417 g/mol. The first-order valence-electron chi connectivity index (χ1n) is 9.42. The Hall–Kier alpha value is -3.63. The van der Waals surface area contributed by atoms with Crippen molar-refractivity contribution in [2.24, 2.45) is 5.10 Å². The van der Waals surface area contributed by atoms with Crippen LogP contribution < -0.4 is 5.43 Å². The highest BCUT2D eigenvalue weighted by molar-refractivity contribution is 7.14. The Bertz CT molecular complexity index is 1310. The predicted molar refractivity (Wildman–Crippen MR) is 119 cm³/mol. The third-order valence-corrected chi connectivity index (χ3v) is 6.36.